The summed E-state index contributed by atoms with van der Waals surface area (Å²) in [5.74, 6) is -0.0684. The van der Waals surface area contributed by atoms with Crippen LogP contribution in [0.1, 0.15) is 47.1 Å². The normalized spacial score (nSPS) is 11.4. The molecule has 2 amide bonds. The standard InChI is InChI=1S/C18H25Br2N3O4/c1-17(2,3)26-15(24)22-14(23-16(25)27-18(4,5)6)21-10-11-12(19)8-7-9-13(11)20/h7-9H,10H2,1-6H3,(H2,21,22,23,24,25). The maximum atomic E-state index is 12.1. The van der Waals surface area contributed by atoms with Crippen LogP contribution in [-0.4, -0.2) is 29.3 Å². The third kappa shape index (κ3) is 9.76. The minimum atomic E-state index is -0.733. The highest BCUT2D eigenvalue weighted by Crippen LogP contribution is 2.25. The molecule has 9 heteroatoms. The van der Waals surface area contributed by atoms with Crippen LogP contribution in [0.3, 0.4) is 0 Å². The van der Waals surface area contributed by atoms with Crippen molar-refractivity contribution in [2.45, 2.75) is 59.3 Å². The zero-order valence-corrected chi connectivity index (χ0v) is 19.4. The maximum absolute atomic E-state index is 12.1. The molecule has 150 valence electrons. The van der Waals surface area contributed by atoms with E-state index in [-0.39, 0.29) is 12.5 Å². The van der Waals surface area contributed by atoms with Gasteiger partial charge < -0.3 is 9.47 Å². The van der Waals surface area contributed by atoms with Crippen LogP contribution in [-0.2, 0) is 16.0 Å². The number of ether oxygens (including phenoxy) is 2. The summed E-state index contributed by atoms with van der Waals surface area (Å²) < 4.78 is 12.1. The van der Waals surface area contributed by atoms with Crippen molar-refractivity contribution in [1.29, 1.82) is 0 Å². The summed E-state index contributed by atoms with van der Waals surface area (Å²) in [4.78, 5) is 28.4. The second-order valence-corrected chi connectivity index (χ2v) is 9.33. The van der Waals surface area contributed by atoms with Gasteiger partial charge in [-0.2, -0.15) is 0 Å². The second-order valence-electron chi connectivity index (χ2n) is 7.62. The molecule has 0 radical (unpaired) electrons. The number of hydrogen-bond acceptors (Lipinski definition) is 5. The molecule has 0 bridgehead atoms. The first-order valence-corrected chi connectivity index (χ1v) is 9.83. The van der Waals surface area contributed by atoms with Crippen molar-refractivity contribution in [2.24, 2.45) is 4.99 Å². The third-order valence-electron chi connectivity index (χ3n) is 2.70. The lowest BCUT2D eigenvalue weighted by atomic mass is 10.2. The number of rotatable bonds is 2. The number of guanidine groups is 1. The number of hydrogen-bond donors (Lipinski definition) is 2. The third-order valence-corrected chi connectivity index (χ3v) is 4.18. The molecule has 0 spiro atoms. The SMILES string of the molecule is CC(C)(C)OC(=O)NC(=NCc1c(Br)cccc1Br)NC(=O)OC(C)(C)C. The quantitative estimate of drug-likeness (QED) is 0.430. The van der Waals surface area contributed by atoms with E-state index in [1.54, 1.807) is 41.5 Å². The van der Waals surface area contributed by atoms with E-state index < -0.39 is 23.4 Å². The Morgan fingerprint density at radius 3 is 1.70 bits per heavy atom. The van der Waals surface area contributed by atoms with Gasteiger partial charge in [0.05, 0.1) is 6.54 Å². The molecule has 0 saturated heterocycles. The highest BCUT2D eigenvalue weighted by Gasteiger charge is 2.21. The van der Waals surface area contributed by atoms with Crippen molar-refractivity contribution >= 4 is 50.0 Å². The predicted molar refractivity (Wildman–Crippen MR) is 112 cm³/mol. The number of alkyl carbamates (subject to hydrolysis) is 2. The number of carbonyl (C=O) groups is 2. The second kappa shape index (κ2) is 9.54. The lowest BCUT2D eigenvalue weighted by Crippen LogP contribution is -2.47. The first-order valence-electron chi connectivity index (χ1n) is 8.24. The maximum Gasteiger partial charge on any atom is 0.414 e. The molecule has 0 aliphatic heterocycles. The topological polar surface area (TPSA) is 89.0 Å². The Morgan fingerprint density at radius 1 is 0.926 bits per heavy atom. The first-order chi connectivity index (χ1) is 12.3. The number of carbonyl (C=O) groups excluding carboxylic acids is 2. The molecular weight excluding hydrogens is 482 g/mol. The van der Waals surface area contributed by atoms with E-state index in [4.69, 9.17) is 9.47 Å². The van der Waals surface area contributed by atoms with Gasteiger partial charge >= 0.3 is 12.2 Å². The van der Waals surface area contributed by atoms with E-state index in [1.807, 2.05) is 18.2 Å². The number of halogens is 2. The summed E-state index contributed by atoms with van der Waals surface area (Å²) in [6.45, 7) is 10.6. The molecule has 0 fully saturated rings. The Hall–Kier alpha value is -1.61. The van der Waals surface area contributed by atoms with Gasteiger partial charge in [0.2, 0.25) is 5.96 Å². The van der Waals surface area contributed by atoms with Gasteiger partial charge in [0.15, 0.2) is 0 Å². The molecule has 1 rings (SSSR count). The van der Waals surface area contributed by atoms with E-state index in [1.165, 1.54) is 0 Å². The van der Waals surface area contributed by atoms with E-state index in [2.05, 4.69) is 47.5 Å². The summed E-state index contributed by atoms with van der Waals surface area (Å²) in [5.41, 5.74) is -0.522. The van der Waals surface area contributed by atoms with Gasteiger partial charge in [0.25, 0.3) is 0 Å². The van der Waals surface area contributed by atoms with Crippen molar-refractivity contribution in [3.8, 4) is 0 Å². The van der Waals surface area contributed by atoms with Crippen LogP contribution in [0.5, 0.6) is 0 Å². The van der Waals surface area contributed by atoms with Gasteiger partial charge in [-0.25, -0.2) is 14.6 Å². The summed E-state index contributed by atoms with van der Waals surface area (Å²) in [7, 11) is 0. The fourth-order valence-electron chi connectivity index (χ4n) is 1.75. The van der Waals surface area contributed by atoms with Crippen LogP contribution in [0.4, 0.5) is 9.59 Å². The fraction of sp³-hybridized carbons (Fsp3) is 0.500. The van der Waals surface area contributed by atoms with Crippen LogP contribution in [0.2, 0.25) is 0 Å². The number of amides is 2. The largest absolute Gasteiger partial charge is 0.444 e. The Balaban J connectivity index is 2.98. The molecule has 0 atom stereocenters. The Kier molecular flexibility index (Phi) is 8.28. The smallest absolute Gasteiger partial charge is 0.414 e. The van der Waals surface area contributed by atoms with E-state index in [0.717, 1.165) is 14.5 Å². The van der Waals surface area contributed by atoms with Crippen molar-refractivity contribution in [2.75, 3.05) is 0 Å². The van der Waals surface area contributed by atoms with Gasteiger partial charge in [-0.15, -0.1) is 0 Å². The highest BCUT2D eigenvalue weighted by molar-refractivity contribution is 9.11. The average molecular weight is 507 g/mol. The Morgan fingerprint density at radius 2 is 1.33 bits per heavy atom. The first kappa shape index (κ1) is 23.4. The van der Waals surface area contributed by atoms with Gasteiger partial charge in [-0.3, -0.25) is 10.6 Å². The number of nitrogens with zero attached hydrogens (tertiary/aromatic N) is 1. The fourth-order valence-corrected chi connectivity index (χ4v) is 3.00. The molecule has 0 unspecified atom stereocenters. The molecule has 0 saturated carbocycles. The van der Waals surface area contributed by atoms with Crippen LogP contribution in [0.25, 0.3) is 0 Å². The highest BCUT2D eigenvalue weighted by atomic mass is 79.9. The minimum absolute atomic E-state index is 0.0684. The van der Waals surface area contributed by atoms with Crippen molar-refractivity contribution in [3.05, 3.63) is 32.7 Å². The molecule has 0 aliphatic rings. The van der Waals surface area contributed by atoms with Gasteiger partial charge in [-0.05, 0) is 53.7 Å². The zero-order valence-electron chi connectivity index (χ0n) is 16.3. The summed E-state index contributed by atoms with van der Waals surface area (Å²) in [6, 6.07) is 5.62. The van der Waals surface area contributed by atoms with Gasteiger partial charge in [0.1, 0.15) is 11.2 Å². The Bertz CT molecular complexity index is 670. The number of nitrogens with one attached hydrogen (secondary N) is 2. The number of benzene rings is 1. The van der Waals surface area contributed by atoms with Crippen LogP contribution < -0.4 is 10.6 Å². The number of aliphatic imine (C=N–C) groups is 1. The lowest BCUT2D eigenvalue weighted by Gasteiger charge is -2.22. The Labute approximate surface area is 176 Å². The molecule has 1 aromatic rings. The van der Waals surface area contributed by atoms with E-state index >= 15 is 0 Å². The van der Waals surface area contributed by atoms with Crippen LogP contribution >= 0.6 is 31.9 Å². The molecule has 0 aromatic heterocycles. The summed E-state index contributed by atoms with van der Waals surface area (Å²) in [6.07, 6.45) is -1.47. The monoisotopic (exact) mass is 505 g/mol. The van der Waals surface area contributed by atoms with E-state index in [9.17, 15) is 9.59 Å². The van der Waals surface area contributed by atoms with Gasteiger partial charge in [0, 0.05) is 14.5 Å². The average Bonchev–Trinajstić information content (AvgIpc) is 2.42. The molecule has 0 aliphatic carbocycles. The molecule has 1 aromatic carbocycles. The van der Waals surface area contributed by atoms with Crippen LogP contribution in [0, 0.1) is 0 Å². The van der Waals surface area contributed by atoms with Gasteiger partial charge in [-0.1, -0.05) is 37.9 Å². The van der Waals surface area contributed by atoms with E-state index in [0.29, 0.717) is 0 Å². The summed E-state index contributed by atoms with van der Waals surface area (Å²) in [5, 5.41) is 4.89. The lowest BCUT2D eigenvalue weighted by molar-refractivity contribution is 0.0545. The molecule has 7 nitrogen and oxygen atoms in total. The van der Waals surface area contributed by atoms with Crippen molar-refractivity contribution in [3.63, 3.8) is 0 Å². The van der Waals surface area contributed by atoms with Crippen LogP contribution in [0.15, 0.2) is 32.1 Å². The predicted octanol–water partition coefficient (Wildman–Crippen LogP) is 5.12. The van der Waals surface area contributed by atoms with Crippen molar-refractivity contribution in [1.82, 2.24) is 10.6 Å². The van der Waals surface area contributed by atoms with Crippen molar-refractivity contribution < 1.29 is 19.1 Å². The molecular formula is C18H25Br2N3O4. The molecule has 0 heterocycles. The zero-order chi connectivity index (χ0) is 20.8. The minimum Gasteiger partial charge on any atom is -0.444 e. The molecule has 2 N–H and O–H groups in total. The summed E-state index contributed by atoms with van der Waals surface area (Å²) >= 11 is 6.91. The molecule has 27 heavy (non-hydrogen) atoms.